The number of carboxylic acid groups (broad SMARTS) is 1. The molecule has 1 fully saturated rings. The van der Waals surface area contributed by atoms with Crippen molar-refractivity contribution in [2.24, 2.45) is 5.92 Å². The van der Waals surface area contributed by atoms with Crippen LogP contribution in [0.2, 0.25) is 0 Å². The van der Waals surface area contributed by atoms with E-state index in [2.05, 4.69) is 20.5 Å². The van der Waals surface area contributed by atoms with Crippen LogP contribution in [0.1, 0.15) is 68.3 Å². The molecule has 1 unspecified atom stereocenters. The van der Waals surface area contributed by atoms with Gasteiger partial charge in [-0.3, -0.25) is 9.89 Å². The lowest BCUT2D eigenvalue weighted by molar-refractivity contribution is -0.141. The number of H-pyrrole nitrogens is 1. The summed E-state index contributed by atoms with van der Waals surface area (Å²) >= 11 is 0. The Morgan fingerprint density at radius 3 is 2.48 bits per heavy atom. The normalized spacial score (nSPS) is 17.7. The lowest BCUT2D eigenvalue weighted by Gasteiger charge is -2.27. The van der Waals surface area contributed by atoms with Crippen LogP contribution >= 0.6 is 0 Å². The molecule has 0 spiro atoms. The first kappa shape index (κ1) is 15.5. The number of nitrogens with zero attached hydrogens (tertiary/aromatic N) is 2. The molecule has 116 valence electrons. The maximum Gasteiger partial charge on any atom is 0.326 e. The Labute approximate surface area is 123 Å². The third-order valence-electron chi connectivity index (χ3n) is 3.93. The molecule has 7 heteroatoms. The van der Waals surface area contributed by atoms with Crippen molar-refractivity contribution in [2.75, 3.05) is 0 Å². The molecule has 0 bridgehead atoms. The third-order valence-corrected chi connectivity index (χ3v) is 3.93. The van der Waals surface area contributed by atoms with E-state index in [9.17, 15) is 14.7 Å². The number of aliphatic carboxylic acids is 1. The van der Waals surface area contributed by atoms with Crippen molar-refractivity contribution in [1.29, 1.82) is 0 Å². The third kappa shape index (κ3) is 3.80. The van der Waals surface area contributed by atoms with Crippen molar-refractivity contribution in [3.63, 3.8) is 0 Å². The smallest absolute Gasteiger partial charge is 0.326 e. The van der Waals surface area contributed by atoms with Gasteiger partial charge in [-0.15, -0.1) is 5.10 Å². The highest BCUT2D eigenvalue weighted by atomic mass is 16.4. The fourth-order valence-corrected chi connectivity index (χ4v) is 2.69. The highest BCUT2D eigenvalue weighted by molar-refractivity contribution is 5.93. The molecule has 1 amide bonds. The van der Waals surface area contributed by atoms with Crippen LogP contribution in [0.25, 0.3) is 0 Å². The first-order valence-electron chi connectivity index (χ1n) is 7.45. The second kappa shape index (κ2) is 6.69. The Hall–Kier alpha value is -1.92. The van der Waals surface area contributed by atoms with Gasteiger partial charge in [-0.05, 0) is 18.8 Å². The van der Waals surface area contributed by atoms with Gasteiger partial charge in [-0.2, -0.15) is 0 Å². The van der Waals surface area contributed by atoms with Gasteiger partial charge in [0, 0.05) is 5.92 Å². The zero-order chi connectivity index (χ0) is 15.4. The number of nitrogens with one attached hydrogen (secondary N) is 2. The number of aromatic amines is 1. The van der Waals surface area contributed by atoms with Crippen LogP contribution in [0.3, 0.4) is 0 Å². The number of carbonyl (C=O) groups excluding carboxylic acids is 1. The van der Waals surface area contributed by atoms with E-state index in [4.69, 9.17) is 0 Å². The summed E-state index contributed by atoms with van der Waals surface area (Å²) in [6, 6.07) is -0.862. The molecule has 0 saturated heterocycles. The molecular formula is C14H22N4O3. The molecule has 1 aromatic heterocycles. The molecular weight excluding hydrogens is 272 g/mol. The van der Waals surface area contributed by atoms with Crippen molar-refractivity contribution >= 4 is 11.9 Å². The van der Waals surface area contributed by atoms with Crippen molar-refractivity contribution in [2.45, 2.75) is 57.9 Å². The Bertz CT molecular complexity index is 506. The van der Waals surface area contributed by atoms with Crippen LogP contribution in [0.15, 0.2) is 0 Å². The van der Waals surface area contributed by atoms with Crippen LogP contribution in [-0.4, -0.2) is 38.2 Å². The predicted octanol–water partition coefficient (Wildman–Crippen LogP) is 1.69. The molecule has 1 aliphatic carbocycles. The fourth-order valence-electron chi connectivity index (χ4n) is 2.69. The molecule has 1 heterocycles. The lowest BCUT2D eigenvalue weighted by atomic mass is 9.84. The first-order valence-corrected chi connectivity index (χ1v) is 7.45. The van der Waals surface area contributed by atoms with E-state index in [1.54, 1.807) is 0 Å². The number of hydrogen-bond acceptors (Lipinski definition) is 4. The van der Waals surface area contributed by atoms with Crippen LogP contribution in [0.4, 0.5) is 0 Å². The van der Waals surface area contributed by atoms with Gasteiger partial charge in [0.05, 0.1) is 0 Å². The van der Waals surface area contributed by atoms with Gasteiger partial charge in [0.15, 0.2) is 0 Å². The van der Waals surface area contributed by atoms with Gasteiger partial charge >= 0.3 is 5.97 Å². The highest BCUT2D eigenvalue weighted by Gasteiger charge is 2.31. The second-order valence-electron chi connectivity index (χ2n) is 5.89. The van der Waals surface area contributed by atoms with Crippen LogP contribution in [0, 0.1) is 5.92 Å². The Kier molecular flexibility index (Phi) is 4.93. The van der Waals surface area contributed by atoms with Crippen LogP contribution < -0.4 is 5.32 Å². The van der Waals surface area contributed by atoms with E-state index in [0.29, 0.717) is 5.82 Å². The van der Waals surface area contributed by atoms with Crippen molar-refractivity contribution in [3.8, 4) is 0 Å². The number of hydrogen-bond donors (Lipinski definition) is 3. The minimum absolute atomic E-state index is 0.000703. The summed E-state index contributed by atoms with van der Waals surface area (Å²) in [6.07, 6.45) is 4.84. The van der Waals surface area contributed by atoms with E-state index in [-0.39, 0.29) is 17.7 Å². The quantitative estimate of drug-likeness (QED) is 0.766. The lowest BCUT2D eigenvalue weighted by Crippen LogP contribution is -2.46. The highest BCUT2D eigenvalue weighted by Crippen LogP contribution is 2.26. The standard InChI is InChI=1S/C14H22N4O3/c1-8(2)11-16-12(18-17-11)13(19)15-10(14(20)21)9-6-4-3-5-7-9/h8-10H,3-7H2,1-2H3,(H,15,19)(H,20,21)(H,16,17,18). The summed E-state index contributed by atoms with van der Waals surface area (Å²) in [4.78, 5) is 27.6. The number of aromatic nitrogens is 3. The van der Waals surface area contributed by atoms with Crippen LogP contribution in [-0.2, 0) is 4.79 Å². The summed E-state index contributed by atoms with van der Waals surface area (Å²) in [5.74, 6) is -0.784. The maximum absolute atomic E-state index is 12.1. The number of carboxylic acids is 1. The molecule has 2 rings (SSSR count). The van der Waals surface area contributed by atoms with E-state index in [0.717, 1.165) is 32.1 Å². The largest absolute Gasteiger partial charge is 0.480 e. The Morgan fingerprint density at radius 2 is 1.95 bits per heavy atom. The zero-order valence-electron chi connectivity index (χ0n) is 12.4. The molecule has 0 radical (unpaired) electrons. The number of rotatable bonds is 5. The molecule has 21 heavy (non-hydrogen) atoms. The summed E-state index contributed by atoms with van der Waals surface area (Å²) in [6.45, 7) is 3.87. The monoisotopic (exact) mass is 294 g/mol. The van der Waals surface area contributed by atoms with E-state index in [1.165, 1.54) is 0 Å². The first-order chi connectivity index (χ1) is 9.99. The van der Waals surface area contributed by atoms with Gasteiger partial charge in [-0.25, -0.2) is 9.78 Å². The molecule has 1 aromatic rings. The van der Waals surface area contributed by atoms with E-state index < -0.39 is 17.9 Å². The molecule has 3 N–H and O–H groups in total. The van der Waals surface area contributed by atoms with Crippen molar-refractivity contribution in [1.82, 2.24) is 20.5 Å². The summed E-state index contributed by atoms with van der Waals surface area (Å²) < 4.78 is 0. The molecule has 0 aliphatic heterocycles. The minimum atomic E-state index is -0.991. The van der Waals surface area contributed by atoms with Gasteiger partial charge in [0.2, 0.25) is 5.82 Å². The maximum atomic E-state index is 12.1. The SMILES string of the molecule is CC(C)c1nc(C(=O)NC(C(=O)O)C2CCCCC2)n[nH]1. The fraction of sp³-hybridized carbons (Fsp3) is 0.714. The Morgan fingerprint density at radius 1 is 1.29 bits per heavy atom. The van der Waals surface area contributed by atoms with E-state index in [1.807, 2.05) is 13.8 Å². The topological polar surface area (TPSA) is 108 Å². The van der Waals surface area contributed by atoms with Crippen molar-refractivity contribution < 1.29 is 14.7 Å². The summed E-state index contributed by atoms with van der Waals surface area (Å²) in [7, 11) is 0. The second-order valence-corrected chi connectivity index (χ2v) is 5.89. The van der Waals surface area contributed by atoms with Gasteiger partial charge < -0.3 is 10.4 Å². The predicted molar refractivity (Wildman–Crippen MR) is 75.9 cm³/mol. The molecule has 1 atom stereocenters. The zero-order valence-corrected chi connectivity index (χ0v) is 12.4. The van der Waals surface area contributed by atoms with Gasteiger partial charge in [-0.1, -0.05) is 33.1 Å². The average molecular weight is 294 g/mol. The molecule has 1 saturated carbocycles. The average Bonchev–Trinajstić information content (AvgIpc) is 2.95. The Balaban J connectivity index is 2.04. The van der Waals surface area contributed by atoms with Gasteiger partial charge in [0.25, 0.3) is 5.91 Å². The molecule has 7 nitrogen and oxygen atoms in total. The number of carbonyl (C=O) groups is 2. The summed E-state index contributed by atoms with van der Waals surface area (Å²) in [5, 5.41) is 18.5. The van der Waals surface area contributed by atoms with Crippen molar-refractivity contribution in [3.05, 3.63) is 11.6 Å². The molecule has 0 aromatic carbocycles. The van der Waals surface area contributed by atoms with E-state index >= 15 is 0 Å². The molecule has 1 aliphatic rings. The number of amides is 1. The summed E-state index contributed by atoms with van der Waals surface area (Å²) in [5.41, 5.74) is 0. The minimum Gasteiger partial charge on any atom is -0.480 e. The van der Waals surface area contributed by atoms with Crippen LogP contribution in [0.5, 0.6) is 0 Å². The van der Waals surface area contributed by atoms with Gasteiger partial charge in [0.1, 0.15) is 11.9 Å².